The van der Waals surface area contributed by atoms with Gasteiger partial charge in [-0.05, 0) is 63.6 Å². The summed E-state index contributed by atoms with van der Waals surface area (Å²) < 4.78 is 263. The third-order valence-corrected chi connectivity index (χ3v) is 14.4. The van der Waals surface area contributed by atoms with Gasteiger partial charge in [-0.3, -0.25) is 0 Å². The first kappa shape index (κ1) is 44.1. The topological polar surface area (TPSA) is 43.4 Å². The smallest absolute Gasteiger partial charge is 0.192 e. The van der Waals surface area contributed by atoms with Gasteiger partial charge in [0.25, 0.3) is 0 Å². The number of rotatable bonds is 17. The van der Waals surface area contributed by atoms with E-state index in [0.717, 1.165) is 24.3 Å². The Morgan fingerprint density at radius 2 is 0.800 bits per heavy atom. The van der Waals surface area contributed by atoms with Crippen LogP contribution < -0.4 is 20.2 Å². The summed E-state index contributed by atoms with van der Waals surface area (Å²) in [6, 6.07) is 9.61. The van der Waals surface area contributed by atoms with Crippen molar-refractivity contribution in [1.82, 2.24) is 0 Å². The fourth-order valence-electron chi connectivity index (χ4n) is 3.92. The molecule has 0 amide bonds. The lowest BCUT2D eigenvalue weighted by Crippen LogP contribution is -3.85. The minimum Gasteiger partial charge on any atom is -0.192 e. The number of benzene rings is 2. The summed E-state index contributed by atoms with van der Waals surface area (Å²) in [6.45, 7) is 3.64. The Hall–Kier alpha value is -2.11. The Kier molecular flexibility index (Phi) is 13.0. The van der Waals surface area contributed by atoms with Gasteiger partial charge in [-0.15, -0.1) is 0 Å². The van der Waals surface area contributed by atoms with Gasteiger partial charge in [-0.1, -0.05) is 51.0 Å². The van der Waals surface area contributed by atoms with E-state index in [-0.39, 0.29) is 7.14 Å². The summed E-state index contributed by atoms with van der Waals surface area (Å²) in [5.74, 6) is -52.1. The Bertz CT molecular complexity index is 1490. The summed E-state index contributed by atoms with van der Waals surface area (Å²) in [7, 11) is -7.73. The van der Waals surface area contributed by atoms with E-state index in [2.05, 4.69) is 2.51 Å². The highest BCUT2D eigenvalue weighted by atomic mass is 127. The van der Waals surface area contributed by atoms with Gasteiger partial charge >= 0.3 is 77.3 Å². The maximum atomic E-state index is 14.9. The quantitative estimate of drug-likeness (QED) is 0.124. The van der Waals surface area contributed by atoms with Crippen LogP contribution in [0.25, 0.3) is 0 Å². The van der Waals surface area contributed by atoms with Crippen LogP contribution in [0.15, 0.2) is 48.5 Å². The molecule has 0 aliphatic rings. The van der Waals surface area contributed by atoms with E-state index in [0.29, 0.717) is 49.7 Å². The number of alkyl halides is 17. The first-order chi connectivity index (χ1) is 22.4. The molecule has 0 saturated carbocycles. The Balaban J connectivity index is 2.68. The maximum absolute atomic E-state index is 14.9. The predicted molar refractivity (Wildman–Crippen MR) is 138 cm³/mol. The van der Waals surface area contributed by atoms with Crippen molar-refractivity contribution in [3.63, 3.8) is 0 Å². The van der Waals surface area contributed by atoms with Crippen LogP contribution in [0.5, 0.6) is 0 Å². The molecule has 50 heavy (non-hydrogen) atoms. The second kappa shape index (κ2) is 14.7. The average molecular weight is 892 g/mol. The molecule has 0 N–H and O–H groups in total. The van der Waals surface area contributed by atoms with E-state index in [1.165, 1.54) is 24.3 Å². The molecule has 0 bridgehead atoms. The first-order valence-corrected chi connectivity index (χ1v) is 18.4. The van der Waals surface area contributed by atoms with E-state index >= 15 is 0 Å². The van der Waals surface area contributed by atoms with Crippen LogP contribution in [0.4, 0.5) is 74.6 Å². The van der Waals surface area contributed by atoms with Gasteiger partial charge in [-0.2, -0.15) is 83.1 Å². The number of halogens is 18. The number of hydrogen-bond donors (Lipinski definition) is 0. The van der Waals surface area contributed by atoms with Crippen LogP contribution in [0.1, 0.15) is 50.7 Å². The van der Waals surface area contributed by atoms with Gasteiger partial charge in [0, 0.05) is 0 Å². The van der Waals surface area contributed by atoms with Crippen LogP contribution in [0, 0.1) is 7.14 Å². The van der Waals surface area contributed by atoms with Crippen molar-refractivity contribution in [2.45, 2.75) is 99.3 Å². The zero-order valence-corrected chi connectivity index (χ0v) is 28.3. The molecule has 3 nitrogen and oxygen atoms in total. The molecular formula is C28H26F17IO3S+. The molecule has 0 aliphatic carbocycles. The van der Waals surface area contributed by atoms with Gasteiger partial charge < -0.3 is 0 Å². The standard InChI is InChI=1S/C28H26F17IO3S/c1-3-5-7-17-9-13-19(14-10-17)46(20-15-11-18(12-16-20)8-6-4-2)49-50(47,48)28(44,45)26(39,40)24(35,36)22(31,32)21(29,30)23(33,34)25(37,38)27(41,42)43/h9-16H,3-8H2,1-2H3/q+1. The molecule has 0 fully saturated rings. The molecule has 0 spiro atoms. The Morgan fingerprint density at radius 1 is 0.500 bits per heavy atom. The lowest BCUT2D eigenvalue weighted by molar-refractivity contribution is -1.03. The Labute approximate surface area is 281 Å². The van der Waals surface area contributed by atoms with Crippen LogP contribution in [0.2, 0.25) is 0 Å². The van der Waals surface area contributed by atoms with E-state index in [1.807, 2.05) is 13.8 Å². The lowest BCUT2D eigenvalue weighted by Gasteiger charge is -2.42. The monoisotopic (exact) mass is 892 g/mol. The third-order valence-electron chi connectivity index (χ3n) is 7.01. The van der Waals surface area contributed by atoms with Crippen molar-refractivity contribution in [2.75, 3.05) is 0 Å². The molecule has 2 aromatic rings. The van der Waals surface area contributed by atoms with Crippen molar-refractivity contribution in [3.8, 4) is 0 Å². The van der Waals surface area contributed by atoms with Crippen LogP contribution in [-0.2, 0) is 25.5 Å². The molecule has 2 aromatic carbocycles. The molecule has 0 unspecified atom stereocenters. The number of aryl methyl sites for hydroxylation is 2. The van der Waals surface area contributed by atoms with Crippen LogP contribution >= 0.6 is 0 Å². The molecule has 2 rings (SSSR count). The van der Waals surface area contributed by atoms with Crippen molar-refractivity contribution >= 4 is 10.1 Å². The van der Waals surface area contributed by atoms with Crippen molar-refractivity contribution in [1.29, 1.82) is 0 Å². The van der Waals surface area contributed by atoms with Crippen LogP contribution in [0.3, 0.4) is 0 Å². The van der Waals surface area contributed by atoms with Gasteiger partial charge in [-0.25, -0.2) is 0 Å². The highest BCUT2D eigenvalue weighted by molar-refractivity contribution is 7.87. The molecule has 287 valence electrons. The largest absolute Gasteiger partial charge is 0.460 e. The molecule has 0 aromatic heterocycles. The Morgan fingerprint density at radius 3 is 1.10 bits per heavy atom. The minimum atomic E-state index is -8.92. The average Bonchev–Trinajstić information content (AvgIpc) is 3.01. The SMILES string of the molecule is CCCCc1ccc([I+](OS(=O)(=O)C(F)(F)C(F)(F)C(F)(F)C(F)(F)C(F)(F)C(F)(F)C(F)(F)C(F)(F)F)c2ccc(CCCC)cc2)cc1. The summed E-state index contributed by atoms with van der Waals surface area (Å²) >= 11 is -4.61. The first-order valence-electron chi connectivity index (χ1n) is 14.0. The van der Waals surface area contributed by atoms with Crippen molar-refractivity contribution in [3.05, 3.63) is 66.8 Å². The maximum Gasteiger partial charge on any atom is 0.460 e. The fourth-order valence-corrected chi connectivity index (χ4v) is 10.8. The number of hydrogen-bond acceptors (Lipinski definition) is 3. The van der Waals surface area contributed by atoms with Gasteiger partial charge in [0.05, 0.1) is 0 Å². The normalized spacial score (nSPS) is 14.8. The summed E-state index contributed by atoms with van der Waals surface area (Å²) in [5, 5.41) is -7.75. The molecule has 0 aliphatic heterocycles. The molecule has 0 heterocycles. The molecule has 0 atom stereocenters. The van der Waals surface area contributed by atoms with E-state index in [4.69, 9.17) is 0 Å². The fraction of sp³-hybridized carbons (Fsp3) is 0.571. The zero-order chi connectivity index (χ0) is 39.0. The zero-order valence-electron chi connectivity index (χ0n) is 25.3. The molecular weight excluding hydrogens is 866 g/mol. The second-order valence-electron chi connectivity index (χ2n) is 10.7. The lowest BCUT2D eigenvalue weighted by atomic mass is 9.91. The highest BCUT2D eigenvalue weighted by Crippen LogP contribution is 2.64. The highest BCUT2D eigenvalue weighted by Gasteiger charge is 2.96. The minimum absolute atomic E-state index is 0.309. The summed E-state index contributed by atoms with van der Waals surface area (Å²) in [6.07, 6.45) is -4.38. The van der Waals surface area contributed by atoms with E-state index < -0.39 is 77.3 Å². The predicted octanol–water partition coefficient (Wildman–Crippen LogP) is 7.26. The molecule has 1 radical (unpaired) electrons. The van der Waals surface area contributed by atoms with Gasteiger partial charge in [0.1, 0.15) is 0 Å². The summed E-state index contributed by atoms with van der Waals surface area (Å²) in [5.41, 5.74) is 1.16. The van der Waals surface area contributed by atoms with Crippen molar-refractivity contribution in [2.24, 2.45) is 0 Å². The van der Waals surface area contributed by atoms with Gasteiger partial charge in [0.15, 0.2) is 7.14 Å². The molecule has 0 saturated heterocycles. The third kappa shape index (κ3) is 7.52. The van der Waals surface area contributed by atoms with E-state index in [1.54, 1.807) is 0 Å². The summed E-state index contributed by atoms with van der Waals surface area (Å²) in [4.78, 5) is 0. The van der Waals surface area contributed by atoms with Crippen molar-refractivity contribution < 1.29 is 106 Å². The van der Waals surface area contributed by atoms with Gasteiger partial charge in [0.2, 0.25) is 0 Å². The second-order valence-corrected chi connectivity index (χ2v) is 17.2. The van der Waals surface area contributed by atoms with E-state index in [9.17, 15) is 83.1 Å². The number of unbranched alkanes of at least 4 members (excludes halogenated alkanes) is 2. The van der Waals surface area contributed by atoms with Crippen LogP contribution in [-0.4, -0.2) is 55.4 Å². The molecule has 22 heteroatoms.